The molecule has 0 radical (unpaired) electrons. The van der Waals surface area contributed by atoms with Crippen LogP contribution in [0.1, 0.15) is 28.8 Å². The van der Waals surface area contributed by atoms with E-state index in [1.54, 1.807) is 24.0 Å². The molecule has 190 valence electrons. The number of hydrogen-bond acceptors (Lipinski definition) is 8. The van der Waals surface area contributed by atoms with Gasteiger partial charge < -0.3 is 13.8 Å². The lowest BCUT2D eigenvalue weighted by atomic mass is 10.1. The minimum Gasteiger partial charge on any atom is -0.495 e. The number of fused-ring (bicyclic) bond motifs is 3. The van der Waals surface area contributed by atoms with E-state index in [1.165, 1.54) is 25.3 Å². The summed E-state index contributed by atoms with van der Waals surface area (Å²) in [5, 5.41) is 0. The molecule has 0 aliphatic carbocycles. The molecule has 35 heavy (non-hydrogen) atoms. The van der Waals surface area contributed by atoms with Gasteiger partial charge in [-0.1, -0.05) is 17.7 Å². The molecule has 0 aromatic heterocycles. The smallest absolute Gasteiger partial charge is 0.495 e. The molecule has 0 spiro atoms. The summed E-state index contributed by atoms with van der Waals surface area (Å²) in [5.74, 6) is -2.10. The van der Waals surface area contributed by atoms with Gasteiger partial charge in [-0.05, 0) is 44.0 Å². The Morgan fingerprint density at radius 1 is 1.00 bits per heavy atom. The molecule has 1 saturated heterocycles. The van der Waals surface area contributed by atoms with Crippen LogP contribution in [0.2, 0.25) is 0 Å². The highest BCUT2D eigenvalue weighted by atomic mass is 32.2. The number of carbonyl (C=O) groups is 1. The number of nitrogens with zero attached hydrogens (tertiary/aromatic N) is 2. The predicted octanol–water partition coefficient (Wildman–Crippen LogP) is 3.05. The van der Waals surface area contributed by atoms with Gasteiger partial charge in [0.1, 0.15) is 11.3 Å². The first-order valence-corrected chi connectivity index (χ1v) is 13.2. The maximum atomic E-state index is 13.7. The van der Waals surface area contributed by atoms with E-state index in [0.717, 1.165) is 11.6 Å². The number of aryl methyl sites for hydroxylation is 1. The van der Waals surface area contributed by atoms with Crippen LogP contribution >= 0.6 is 0 Å². The molecule has 0 unspecified atom stereocenters. The van der Waals surface area contributed by atoms with Crippen LogP contribution in [-0.2, 0) is 20.1 Å². The second kappa shape index (κ2) is 8.59. The van der Waals surface area contributed by atoms with Gasteiger partial charge in [0.05, 0.1) is 24.2 Å². The number of alkyl halides is 3. The molecular weight excluding hydrogens is 513 g/mol. The Balaban J connectivity index is 1.94. The van der Waals surface area contributed by atoms with Crippen molar-refractivity contribution in [3.8, 4) is 11.5 Å². The van der Waals surface area contributed by atoms with Crippen LogP contribution in [0.5, 0.6) is 11.5 Å². The van der Waals surface area contributed by atoms with Gasteiger partial charge in [0, 0.05) is 12.6 Å². The highest BCUT2D eigenvalue weighted by Crippen LogP contribution is 2.45. The molecule has 0 saturated carbocycles. The second-order valence-corrected chi connectivity index (χ2v) is 11.5. The quantitative estimate of drug-likeness (QED) is 0.425. The molecule has 0 bridgehead atoms. The van der Waals surface area contributed by atoms with E-state index in [2.05, 4.69) is 4.18 Å². The van der Waals surface area contributed by atoms with Crippen molar-refractivity contribution in [3.63, 3.8) is 0 Å². The fourth-order valence-electron chi connectivity index (χ4n) is 4.21. The summed E-state index contributed by atoms with van der Waals surface area (Å²) in [7, 11) is -9.33. The van der Waals surface area contributed by atoms with Crippen molar-refractivity contribution in [2.75, 3.05) is 25.1 Å². The molecule has 1 fully saturated rings. The summed E-state index contributed by atoms with van der Waals surface area (Å²) < 4.78 is 99.9. The van der Waals surface area contributed by atoms with E-state index in [4.69, 9.17) is 4.74 Å². The Labute approximate surface area is 200 Å². The SMILES string of the molecule is COc1ccc(OS(=O)(=O)C(F)(F)F)c2c1N1CCC[C@@H]1CN(S(=O)(=O)c1ccc(C)cc1)C2=O. The molecule has 4 rings (SSSR count). The topological polar surface area (TPSA) is 110 Å². The maximum Gasteiger partial charge on any atom is 0.534 e. The largest absolute Gasteiger partial charge is 0.534 e. The van der Waals surface area contributed by atoms with Crippen LogP contribution < -0.4 is 13.8 Å². The number of anilines is 1. The van der Waals surface area contributed by atoms with Gasteiger partial charge in [-0.25, -0.2) is 12.7 Å². The monoisotopic (exact) mass is 534 g/mol. The number of hydrogen-bond donors (Lipinski definition) is 0. The standard InChI is InChI=1S/C21H21F3N2O7S2/c1-13-5-7-15(8-6-13)34(28,29)26-12-14-4-3-11-25(14)19-17(32-2)10-9-16(18(19)20(26)27)33-35(30,31)21(22,23)24/h5-10,14H,3-4,11-12H2,1-2H3/t14-/m1/s1. The van der Waals surface area contributed by atoms with Crippen LogP contribution in [0, 0.1) is 6.92 Å². The van der Waals surface area contributed by atoms with Crippen LogP contribution in [0.4, 0.5) is 18.9 Å². The Kier molecular flexibility index (Phi) is 6.16. The average molecular weight is 535 g/mol. The Morgan fingerprint density at radius 3 is 2.23 bits per heavy atom. The normalized spacial score (nSPS) is 18.7. The van der Waals surface area contributed by atoms with Crippen LogP contribution in [0.25, 0.3) is 0 Å². The minimum absolute atomic E-state index is 0.0171. The van der Waals surface area contributed by atoms with Gasteiger partial charge in [0.25, 0.3) is 15.9 Å². The minimum atomic E-state index is -6.15. The van der Waals surface area contributed by atoms with Gasteiger partial charge in [0.15, 0.2) is 5.75 Å². The summed E-state index contributed by atoms with van der Waals surface area (Å²) in [6.07, 6.45) is 1.09. The number of methoxy groups -OCH3 is 1. The zero-order chi connectivity index (χ0) is 25.8. The van der Waals surface area contributed by atoms with Crippen molar-refractivity contribution in [1.29, 1.82) is 0 Å². The summed E-state index contributed by atoms with van der Waals surface area (Å²) in [6.45, 7) is 1.80. The number of amides is 1. The molecule has 0 N–H and O–H groups in total. The third-order valence-electron chi connectivity index (χ3n) is 5.90. The van der Waals surface area contributed by atoms with Gasteiger partial charge in [-0.15, -0.1) is 0 Å². The molecule has 14 heteroatoms. The average Bonchev–Trinajstić information content (AvgIpc) is 3.19. The van der Waals surface area contributed by atoms with Crippen molar-refractivity contribution in [2.45, 2.75) is 36.2 Å². The third-order valence-corrected chi connectivity index (χ3v) is 8.62. The molecule has 2 aliphatic heterocycles. The van der Waals surface area contributed by atoms with Crippen molar-refractivity contribution in [3.05, 3.63) is 47.5 Å². The van der Waals surface area contributed by atoms with Crippen molar-refractivity contribution >= 4 is 31.7 Å². The van der Waals surface area contributed by atoms with E-state index in [-0.39, 0.29) is 22.9 Å². The van der Waals surface area contributed by atoms with E-state index in [1.807, 2.05) is 0 Å². The highest BCUT2D eigenvalue weighted by Gasteiger charge is 2.50. The maximum absolute atomic E-state index is 13.7. The molecule has 1 atom stereocenters. The lowest BCUT2D eigenvalue weighted by molar-refractivity contribution is -0.0500. The van der Waals surface area contributed by atoms with Crippen molar-refractivity contribution in [1.82, 2.24) is 4.31 Å². The van der Waals surface area contributed by atoms with Crippen LogP contribution in [0.3, 0.4) is 0 Å². The third kappa shape index (κ3) is 4.29. The fraction of sp³-hybridized carbons (Fsp3) is 0.381. The molecule has 2 heterocycles. The van der Waals surface area contributed by atoms with Crippen LogP contribution in [-0.4, -0.2) is 58.8 Å². The van der Waals surface area contributed by atoms with Gasteiger partial charge in [-0.3, -0.25) is 4.79 Å². The first-order chi connectivity index (χ1) is 16.3. The van der Waals surface area contributed by atoms with Crippen molar-refractivity contribution in [2.24, 2.45) is 0 Å². The second-order valence-electron chi connectivity index (χ2n) is 8.12. The molecule has 1 amide bonds. The number of benzene rings is 2. The summed E-state index contributed by atoms with van der Waals surface area (Å²) in [6, 6.07) is 7.21. The first-order valence-electron chi connectivity index (χ1n) is 10.4. The number of halogens is 3. The Bertz CT molecular complexity index is 1370. The van der Waals surface area contributed by atoms with Gasteiger partial charge in [-0.2, -0.15) is 21.6 Å². The van der Waals surface area contributed by atoms with Crippen molar-refractivity contribution < 1.29 is 43.7 Å². The molecule has 9 nitrogen and oxygen atoms in total. The molecule has 2 aromatic carbocycles. The van der Waals surface area contributed by atoms with E-state index >= 15 is 0 Å². The first kappa shape index (κ1) is 25.1. The lowest BCUT2D eigenvalue weighted by Gasteiger charge is -2.28. The summed E-state index contributed by atoms with van der Waals surface area (Å²) >= 11 is 0. The fourth-order valence-corrected chi connectivity index (χ4v) is 6.09. The summed E-state index contributed by atoms with van der Waals surface area (Å²) in [4.78, 5) is 15.1. The number of rotatable bonds is 5. The Morgan fingerprint density at radius 2 is 1.63 bits per heavy atom. The number of carbonyl (C=O) groups excluding carboxylic acids is 1. The molecule has 2 aliphatic rings. The van der Waals surface area contributed by atoms with Gasteiger partial charge in [0.2, 0.25) is 0 Å². The number of sulfonamides is 1. The van der Waals surface area contributed by atoms with Crippen LogP contribution in [0.15, 0.2) is 41.3 Å². The molecule has 2 aromatic rings. The highest BCUT2D eigenvalue weighted by molar-refractivity contribution is 7.89. The Hall–Kier alpha value is -3.00. The number of ether oxygens (including phenoxy) is 1. The van der Waals surface area contributed by atoms with E-state index in [9.17, 15) is 34.8 Å². The zero-order valence-electron chi connectivity index (χ0n) is 18.6. The zero-order valence-corrected chi connectivity index (χ0v) is 20.2. The summed E-state index contributed by atoms with van der Waals surface area (Å²) in [5.41, 5.74) is -5.65. The molecular formula is C21H21F3N2O7S2. The lowest BCUT2D eigenvalue weighted by Crippen LogP contribution is -2.43. The van der Waals surface area contributed by atoms with E-state index in [0.29, 0.717) is 23.7 Å². The van der Waals surface area contributed by atoms with E-state index < -0.39 is 48.9 Å². The predicted molar refractivity (Wildman–Crippen MR) is 118 cm³/mol. The van der Waals surface area contributed by atoms with Gasteiger partial charge >= 0.3 is 15.6 Å².